The first kappa shape index (κ1) is 33.1. The van der Waals surface area contributed by atoms with Crippen molar-refractivity contribution in [3.8, 4) is 5.75 Å². The number of likely N-dealkylation sites (tertiary alicyclic amines) is 1. The van der Waals surface area contributed by atoms with Crippen LogP contribution in [0.15, 0.2) is 78.9 Å². The van der Waals surface area contributed by atoms with Crippen LogP contribution in [0.4, 0.5) is 4.79 Å². The summed E-state index contributed by atoms with van der Waals surface area (Å²) in [4.78, 5) is 14.8. The Labute approximate surface area is 267 Å². The van der Waals surface area contributed by atoms with Crippen LogP contribution in [0.25, 0.3) is 0 Å². The van der Waals surface area contributed by atoms with E-state index < -0.39 is 5.60 Å². The van der Waals surface area contributed by atoms with Crippen molar-refractivity contribution in [2.24, 2.45) is 0 Å². The number of benzene rings is 3. The minimum atomic E-state index is -0.520. The fraction of sp³-hybridized carbons (Fsp3) is 0.486. The average Bonchev–Trinajstić information content (AvgIpc) is 3.02. The van der Waals surface area contributed by atoms with Gasteiger partial charge in [0.2, 0.25) is 0 Å². The van der Waals surface area contributed by atoms with Crippen molar-refractivity contribution in [3.63, 3.8) is 0 Å². The second-order valence-corrected chi connectivity index (χ2v) is 13.3. The molecule has 3 aromatic rings. The molecule has 0 bridgehead atoms. The lowest BCUT2D eigenvalue weighted by molar-refractivity contribution is 0.0179. The monoisotopic (exact) mass is 649 g/mol. The lowest BCUT2D eigenvalue weighted by atomic mass is 9.67. The van der Waals surface area contributed by atoms with E-state index in [1.807, 2.05) is 43.9 Å². The van der Waals surface area contributed by atoms with Crippen molar-refractivity contribution in [3.05, 3.63) is 101 Å². The number of hydrogen-bond donors (Lipinski definition) is 0. The van der Waals surface area contributed by atoms with E-state index in [0.29, 0.717) is 26.3 Å². The van der Waals surface area contributed by atoms with E-state index in [9.17, 15) is 4.79 Å². The molecule has 5 nitrogen and oxygen atoms in total. The number of carbonyl (C=O) groups is 1. The second-order valence-electron chi connectivity index (χ2n) is 12.5. The Hall–Kier alpha value is -2.83. The number of nitrogens with zero attached hydrogens (tertiary/aromatic N) is 1. The molecule has 0 radical (unpaired) electrons. The lowest BCUT2D eigenvalue weighted by Gasteiger charge is -2.43. The maximum absolute atomic E-state index is 13.0. The molecule has 1 aliphatic rings. The molecular formula is C37H48BrNO4. The number of alkyl halides is 1. The lowest BCUT2D eigenvalue weighted by Crippen LogP contribution is -2.47. The Balaban J connectivity index is 1.58. The smallest absolute Gasteiger partial charge is 0.410 e. The summed E-state index contributed by atoms with van der Waals surface area (Å²) in [6.07, 6.45) is 6.96. The molecule has 1 fully saturated rings. The highest BCUT2D eigenvalue weighted by Crippen LogP contribution is 2.46. The van der Waals surface area contributed by atoms with Crippen molar-refractivity contribution in [2.45, 2.75) is 83.3 Å². The average molecular weight is 651 g/mol. The van der Waals surface area contributed by atoms with Gasteiger partial charge in [0.1, 0.15) is 18.0 Å². The number of piperidine rings is 1. The molecule has 4 rings (SSSR count). The number of unbranched alkanes of at least 4 members (excludes halogenated alkanes) is 3. The molecule has 0 unspecified atom stereocenters. The van der Waals surface area contributed by atoms with Gasteiger partial charge in [-0.3, -0.25) is 0 Å². The van der Waals surface area contributed by atoms with E-state index in [1.54, 1.807) is 0 Å². The Bertz CT molecular complexity index is 1250. The van der Waals surface area contributed by atoms with Gasteiger partial charge in [0.25, 0.3) is 0 Å². The number of hydrogen-bond acceptors (Lipinski definition) is 4. The van der Waals surface area contributed by atoms with E-state index in [0.717, 1.165) is 48.9 Å². The molecule has 1 heterocycles. The third kappa shape index (κ3) is 9.84. The van der Waals surface area contributed by atoms with Gasteiger partial charge in [-0.1, -0.05) is 102 Å². The quantitative estimate of drug-likeness (QED) is 0.129. The Kier molecular flexibility index (Phi) is 12.5. The topological polar surface area (TPSA) is 48.0 Å². The van der Waals surface area contributed by atoms with Crippen molar-refractivity contribution >= 4 is 22.0 Å². The first-order valence-corrected chi connectivity index (χ1v) is 16.9. The standard InChI is InChI=1S/C37H48BrNO4/c1-36(2,3)43-35(40)39-24-21-37(22-25-39,32-16-10-7-11-17-32)33-28-30(20-27-41-26-13-5-4-12-23-38)18-19-34(33)42-29-31-14-8-6-9-15-31/h6-11,14-19,28H,4-5,12-13,20-27,29H2,1-3H3. The Morgan fingerprint density at radius 3 is 2.19 bits per heavy atom. The van der Waals surface area contributed by atoms with Crippen LogP contribution in [0.5, 0.6) is 5.75 Å². The number of carbonyl (C=O) groups excluding carboxylic acids is 1. The zero-order valence-electron chi connectivity index (χ0n) is 26.2. The van der Waals surface area contributed by atoms with Gasteiger partial charge in [0.05, 0.1) is 6.61 Å². The number of ether oxygens (including phenoxy) is 3. The largest absolute Gasteiger partial charge is 0.489 e. The van der Waals surface area contributed by atoms with Gasteiger partial charge in [-0.05, 0) is 75.6 Å². The molecule has 3 aromatic carbocycles. The van der Waals surface area contributed by atoms with E-state index in [1.165, 1.54) is 36.0 Å². The Morgan fingerprint density at radius 1 is 0.837 bits per heavy atom. The molecule has 43 heavy (non-hydrogen) atoms. The number of rotatable bonds is 14. The van der Waals surface area contributed by atoms with Crippen LogP contribution in [0, 0.1) is 0 Å². The van der Waals surface area contributed by atoms with Crippen molar-refractivity contribution in [2.75, 3.05) is 31.6 Å². The molecule has 0 aliphatic carbocycles. The predicted octanol–water partition coefficient (Wildman–Crippen LogP) is 9.10. The van der Waals surface area contributed by atoms with E-state index in [-0.39, 0.29) is 11.5 Å². The summed E-state index contributed by atoms with van der Waals surface area (Å²) >= 11 is 3.51. The molecule has 0 saturated carbocycles. The molecule has 0 atom stereocenters. The van der Waals surface area contributed by atoms with Gasteiger partial charge in [0.15, 0.2) is 0 Å². The third-order valence-corrected chi connectivity index (χ3v) is 8.66. The van der Waals surface area contributed by atoms with Gasteiger partial charge in [-0.25, -0.2) is 4.79 Å². The first-order valence-electron chi connectivity index (χ1n) is 15.8. The van der Waals surface area contributed by atoms with Crippen molar-refractivity contribution in [1.82, 2.24) is 4.90 Å². The summed E-state index contributed by atoms with van der Waals surface area (Å²) in [5.41, 5.74) is 4.00. The highest BCUT2D eigenvalue weighted by molar-refractivity contribution is 9.09. The van der Waals surface area contributed by atoms with Gasteiger partial charge >= 0.3 is 6.09 Å². The van der Waals surface area contributed by atoms with Crippen LogP contribution < -0.4 is 4.74 Å². The third-order valence-electron chi connectivity index (χ3n) is 8.10. The minimum Gasteiger partial charge on any atom is -0.489 e. The summed E-state index contributed by atoms with van der Waals surface area (Å²) in [6.45, 7) is 8.99. The molecule has 0 aromatic heterocycles. The number of amides is 1. The minimum absolute atomic E-state index is 0.243. The normalized spacial score (nSPS) is 14.8. The van der Waals surface area contributed by atoms with Crippen LogP contribution in [0.1, 0.15) is 81.5 Å². The van der Waals surface area contributed by atoms with Crippen LogP contribution in [0.2, 0.25) is 0 Å². The molecule has 0 spiro atoms. The summed E-state index contributed by atoms with van der Waals surface area (Å²) in [6, 6.07) is 27.7. The van der Waals surface area contributed by atoms with Crippen molar-refractivity contribution < 1.29 is 19.0 Å². The predicted molar refractivity (Wildman–Crippen MR) is 178 cm³/mol. The highest BCUT2D eigenvalue weighted by atomic mass is 79.9. The zero-order chi connectivity index (χ0) is 30.5. The molecular weight excluding hydrogens is 602 g/mol. The summed E-state index contributed by atoms with van der Waals surface area (Å²) in [5, 5.41) is 1.07. The molecule has 232 valence electrons. The molecule has 0 N–H and O–H groups in total. The van der Waals surface area contributed by atoms with Gasteiger partial charge in [-0.15, -0.1) is 0 Å². The van der Waals surface area contributed by atoms with E-state index in [4.69, 9.17) is 14.2 Å². The summed E-state index contributed by atoms with van der Waals surface area (Å²) < 4.78 is 18.3. The Morgan fingerprint density at radius 2 is 1.51 bits per heavy atom. The highest BCUT2D eigenvalue weighted by Gasteiger charge is 2.41. The van der Waals surface area contributed by atoms with Gasteiger partial charge < -0.3 is 19.1 Å². The SMILES string of the molecule is CC(C)(C)OC(=O)N1CCC(c2ccccc2)(c2cc(CCOCCCCCCBr)ccc2OCc2ccccc2)CC1. The van der Waals surface area contributed by atoms with E-state index >= 15 is 0 Å². The number of halogens is 1. The van der Waals surface area contributed by atoms with E-state index in [2.05, 4.69) is 76.6 Å². The molecule has 6 heteroatoms. The van der Waals surface area contributed by atoms with Crippen LogP contribution in [-0.2, 0) is 27.9 Å². The maximum atomic E-state index is 13.0. The second kappa shape index (κ2) is 16.3. The van der Waals surface area contributed by atoms with Gasteiger partial charge in [-0.2, -0.15) is 0 Å². The molecule has 1 amide bonds. The van der Waals surface area contributed by atoms with Crippen LogP contribution in [-0.4, -0.2) is 48.2 Å². The molecule has 1 aliphatic heterocycles. The van der Waals surface area contributed by atoms with Crippen LogP contribution in [0.3, 0.4) is 0 Å². The first-order chi connectivity index (χ1) is 20.8. The maximum Gasteiger partial charge on any atom is 0.410 e. The molecule has 1 saturated heterocycles. The van der Waals surface area contributed by atoms with Crippen molar-refractivity contribution in [1.29, 1.82) is 0 Å². The summed E-state index contributed by atoms with van der Waals surface area (Å²) in [7, 11) is 0. The zero-order valence-corrected chi connectivity index (χ0v) is 27.7. The fourth-order valence-electron chi connectivity index (χ4n) is 5.78. The van der Waals surface area contributed by atoms with Crippen LogP contribution >= 0.6 is 15.9 Å². The van der Waals surface area contributed by atoms with Gasteiger partial charge in [0, 0.05) is 36.0 Å². The summed E-state index contributed by atoms with van der Waals surface area (Å²) in [5.74, 6) is 0.898. The fourth-order valence-corrected chi connectivity index (χ4v) is 6.18.